The third kappa shape index (κ3) is 3.16. The molecule has 0 saturated heterocycles. The van der Waals surface area contributed by atoms with Crippen molar-refractivity contribution in [2.75, 3.05) is 7.11 Å². The first-order chi connectivity index (χ1) is 2.41. The molecular weight excluding hydrogens is 68.0 g/mol. The van der Waals surface area contributed by atoms with Crippen LogP contribution in [0.15, 0.2) is 0 Å². The van der Waals surface area contributed by atoms with E-state index in [1.807, 2.05) is 6.11 Å². The predicted octanol–water partition coefficient (Wildman–Crippen LogP) is -0.0763. The molecule has 0 radical (unpaired) electrons. The van der Waals surface area contributed by atoms with Crippen LogP contribution in [0, 0.1) is 12.2 Å². The molecule has 5 heavy (non-hydrogen) atoms. The van der Waals surface area contributed by atoms with Gasteiger partial charge in [0.1, 0.15) is 0 Å². The van der Waals surface area contributed by atoms with Crippen LogP contribution in [0.5, 0.6) is 0 Å². The van der Waals surface area contributed by atoms with E-state index in [2.05, 4.69) is 4.74 Å². The van der Waals surface area contributed by atoms with Gasteiger partial charge in [-0.15, -0.1) is 0 Å². The fourth-order valence-corrected chi connectivity index (χ4v) is 0.0456. The van der Waals surface area contributed by atoms with Crippen LogP contribution < -0.4 is 0 Å². The van der Waals surface area contributed by atoms with Crippen LogP contribution in [-0.4, -0.2) is 12.2 Å². The van der Waals surface area contributed by atoms with E-state index in [0.29, 0.717) is 0 Å². The molecule has 0 amide bonds. The number of aliphatic hydroxyl groups excluding tert-OH is 1. The maximum atomic E-state index is 7.58. The average Bonchev–Trinajstić information content (AvgIpc) is 1.41. The van der Waals surface area contributed by atoms with Gasteiger partial charge in [0.05, 0.1) is 7.11 Å². The highest BCUT2D eigenvalue weighted by Crippen LogP contribution is 1.46. The Hall–Kier alpha value is -0.840. The highest BCUT2D eigenvalue weighted by molar-refractivity contribution is 4.75. The van der Waals surface area contributed by atoms with Gasteiger partial charge in [-0.25, -0.2) is 0 Å². The molecule has 0 rings (SSSR count). The number of hydrogen-bond acceptors (Lipinski definition) is 2. The molecule has 2 nitrogen and oxygen atoms in total. The minimum atomic E-state index is 1.38. The van der Waals surface area contributed by atoms with Crippen molar-refractivity contribution in [3.8, 4) is 12.2 Å². The van der Waals surface area contributed by atoms with Crippen molar-refractivity contribution < 1.29 is 9.84 Å². The van der Waals surface area contributed by atoms with Crippen molar-refractivity contribution in [2.45, 2.75) is 0 Å². The molecule has 0 bridgehead atoms. The van der Waals surface area contributed by atoms with Gasteiger partial charge in [0.15, 0.2) is 12.2 Å². The summed E-state index contributed by atoms with van der Waals surface area (Å²) in [7, 11) is 1.38. The molecule has 0 aliphatic heterocycles. The van der Waals surface area contributed by atoms with E-state index >= 15 is 0 Å². The Kier molecular flexibility index (Phi) is 2.63. The van der Waals surface area contributed by atoms with Crippen molar-refractivity contribution in [2.24, 2.45) is 0 Å². The fraction of sp³-hybridized carbons (Fsp3) is 0.333. The Morgan fingerprint density at radius 2 is 2.40 bits per heavy atom. The second kappa shape index (κ2) is 3.16. The van der Waals surface area contributed by atoms with Crippen LogP contribution in [0.2, 0.25) is 0 Å². The van der Waals surface area contributed by atoms with Crippen LogP contribution in [-0.2, 0) is 4.74 Å². The van der Waals surface area contributed by atoms with E-state index in [9.17, 15) is 0 Å². The summed E-state index contributed by atoms with van der Waals surface area (Å²) in [6.07, 6.45) is 3.46. The minimum Gasteiger partial charge on any atom is -0.460 e. The van der Waals surface area contributed by atoms with Crippen LogP contribution >= 0.6 is 0 Å². The van der Waals surface area contributed by atoms with Crippen molar-refractivity contribution in [1.29, 1.82) is 0 Å². The summed E-state index contributed by atoms with van der Waals surface area (Å²) in [5.74, 6) is 0. The summed E-state index contributed by atoms with van der Waals surface area (Å²) in [4.78, 5) is 0. The second-order valence-corrected chi connectivity index (χ2v) is 0.418. The number of ether oxygens (including phenoxy) is 1. The first-order valence-electron chi connectivity index (χ1n) is 1.09. The minimum absolute atomic E-state index is 1.38. The van der Waals surface area contributed by atoms with E-state index < -0.39 is 0 Å². The Morgan fingerprint density at radius 3 is 2.40 bits per heavy atom. The lowest BCUT2D eigenvalue weighted by molar-refractivity contribution is 0.362. The maximum Gasteiger partial charge on any atom is 0.154 e. The number of rotatable bonds is 0. The third-order valence-electron chi connectivity index (χ3n) is 0.148. The quantitative estimate of drug-likeness (QED) is 0.406. The number of aliphatic hydroxyl groups is 1. The van der Waals surface area contributed by atoms with Crippen LogP contribution in [0.25, 0.3) is 0 Å². The Balaban J connectivity index is 2.81. The molecule has 0 aliphatic rings. The zero-order valence-corrected chi connectivity index (χ0v) is 2.86. The summed E-state index contributed by atoms with van der Waals surface area (Å²) in [5.41, 5.74) is 0. The Bertz CT molecular complexity index is 57.0. The molecule has 28 valence electrons. The molecule has 1 N–H and O–H groups in total. The van der Waals surface area contributed by atoms with Crippen LogP contribution in [0.4, 0.5) is 0 Å². The van der Waals surface area contributed by atoms with E-state index in [1.54, 1.807) is 6.11 Å². The van der Waals surface area contributed by atoms with Gasteiger partial charge in [0, 0.05) is 0 Å². The molecular formula is C3H4O2. The number of methoxy groups -OCH3 is 1. The van der Waals surface area contributed by atoms with Gasteiger partial charge in [-0.05, 0) is 0 Å². The lowest BCUT2D eigenvalue weighted by Crippen LogP contribution is -1.60. The molecule has 0 aromatic carbocycles. The zero-order valence-electron chi connectivity index (χ0n) is 2.86. The maximum absolute atomic E-state index is 7.58. The number of hydrogen-bond donors (Lipinski definition) is 1. The predicted molar refractivity (Wildman–Crippen MR) is 16.7 cm³/mol. The average molecular weight is 72.1 g/mol. The molecule has 0 aromatic rings. The van der Waals surface area contributed by atoms with Crippen LogP contribution in [0.1, 0.15) is 0 Å². The van der Waals surface area contributed by atoms with Gasteiger partial charge in [-0.1, -0.05) is 0 Å². The second-order valence-electron chi connectivity index (χ2n) is 0.418. The van der Waals surface area contributed by atoms with Gasteiger partial charge in [0.25, 0.3) is 0 Å². The standard InChI is InChI=1S/C3H4O2/c1-5-3-2-4/h4H,1H3. The molecule has 0 fully saturated rings. The van der Waals surface area contributed by atoms with Gasteiger partial charge in [-0.3, -0.25) is 0 Å². The molecule has 0 aromatic heterocycles. The first-order valence-corrected chi connectivity index (χ1v) is 1.09. The van der Waals surface area contributed by atoms with Gasteiger partial charge < -0.3 is 9.84 Å². The highest BCUT2D eigenvalue weighted by atomic mass is 16.5. The molecule has 0 unspecified atom stereocenters. The lowest BCUT2D eigenvalue weighted by Gasteiger charge is -1.68. The van der Waals surface area contributed by atoms with Gasteiger partial charge in [-0.2, -0.15) is 0 Å². The van der Waals surface area contributed by atoms with Crippen molar-refractivity contribution in [3.63, 3.8) is 0 Å². The zero-order chi connectivity index (χ0) is 4.12. The Labute approximate surface area is 30.4 Å². The smallest absolute Gasteiger partial charge is 0.154 e. The van der Waals surface area contributed by atoms with E-state index in [0.717, 1.165) is 0 Å². The summed E-state index contributed by atoms with van der Waals surface area (Å²) in [5, 5.41) is 7.58. The van der Waals surface area contributed by atoms with Crippen molar-refractivity contribution in [1.82, 2.24) is 0 Å². The fourth-order valence-electron chi connectivity index (χ4n) is 0.0456. The first kappa shape index (κ1) is 4.16. The summed E-state index contributed by atoms with van der Waals surface area (Å²) in [6.45, 7) is 0. The van der Waals surface area contributed by atoms with Crippen molar-refractivity contribution in [3.05, 3.63) is 0 Å². The lowest BCUT2D eigenvalue weighted by atomic mass is 11.2. The van der Waals surface area contributed by atoms with E-state index in [4.69, 9.17) is 5.11 Å². The SMILES string of the molecule is COC#CO. The summed E-state index contributed by atoms with van der Waals surface area (Å²) >= 11 is 0. The Morgan fingerprint density at radius 1 is 1.80 bits per heavy atom. The molecule has 0 saturated carbocycles. The highest BCUT2D eigenvalue weighted by Gasteiger charge is 1.45. The molecule has 2 heteroatoms. The van der Waals surface area contributed by atoms with Gasteiger partial charge >= 0.3 is 0 Å². The summed E-state index contributed by atoms with van der Waals surface area (Å²) < 4.78 is 4.08. The van der Waals surface area contributed by atoms with Crippen LogP contribution in [0.3, 0.4) is 0 Å². The summed E-state index contributed by atoms with van der Waals surface area (Å²) in [6, 6.07) is 0. The molecule has 0 atom stereocenters. The molecule has 0 spiro atoms. The molecule has 0 heterocycles. The van der Waals surface area contributed by atoms with E-state index in [1.165, 1.54) is 7.11 Å². The molecule has 0 aliphatic carbocycles. The normalized spacial score (nSPS) is 4.20. The van der Waals surface area contributed by atoms with Crippen molar-refractivity contribution >= 4 is 0 Å². The van der Waals surface area contributed by atoms with Gasteiger partial charge in [0.2, 0.25) is 0 Å². The monoisotopic (exact) mass is 72.0 g/mol. The topological polar surface area (TPSA) is 29.5 Å². The largest absolute Gasteiger partial charge is 0.460 e. The van der Waals surface area contributed by atoms with E-state index in [-0.39, 0.29) is 0 Å². The third-order valence-corrected chi connectivity index (χ3v) is 0.148.